The van der Waals surface area contributed by atoms with Crippen molar-refractivity contribution in [3.63, 3.8) is 0 Å². The highest BCUT2D eigenvalue weighted by molar-refractivity contribution is 6.30. The summed E-state index contributed by atoms with van der Waals surface area (Å²) in [6.45, 7) is 1.93. The highest BCUT2D eigenvalue weighted by Gasteiger charge is 2.24. The van der Waals surface area contributed by atoms with Crippen LogP contribution >= 0.6 is 11.6 Å². The predicted octanol–water partition coefficient (Wildman–Crippen LogP) is 2.69. The lowest BCUT2D eigenvalue weighted by Gasteiger charge is -2.37. The molecule has 2 rings (SSSR count). The van der Waals surface area contributed by atoms with Gasteiger partial charge in [-0.1, -0.05) is 30.2 Å². The topological polar surface area (TPSA) is 23.5 Å². The summed E-state index contributed by atoms with van der Waals surface area (Å²) in [6, 6.07) is 8.64. The van der Waals surface area contributed by atoms with Gasteiger partial charge in [-0.3, -0.25) is 4.90 Å². The summed E-state index contributed by atoms with van der Waals surface area (Å²) in [6.07, 6.45) is 3.87. The Labute approximate surface area is 102 Å². The van der Waals surface area contributed by atoms with Crippen LogP contribution in [0, 0.1) is 0 Å². The van der Waals surface area contributed by atoms with Crippen LogP contribution in [0.25, 0.3) is 0 Å². The van der Waals surface area contributed by atoms with Gasteiger partial charge in [0.25, 0.3) is 0 Å². The minimum Gasteiger partial charge on any atom is -0.395 e. The summed E-state index contributed by atoms with van der Waals surface area (Å²) in [4.78, 5) is 2.37. The van der Waals surface area contributed by atoms with E-state index in [1.54, 1.807) is 0 Å². The van der Waals surface area contributed by atoms with E-state index in [-0.39, 0.29) is 6.61 Å². The fourth-order valence-corrected chi connectivity index (χ4v) is 2.22. The minimum atomic E-state index is 0.240. The molecule has 0 saturated heterocycles. The van der Waals surface area contributed by atoms with Crippen molar-refractivity contribution in [1.29, 1.82) is 0 Å². The van der Waals surface area contributed by atoms with Crippen molar-refractivity contribution in [2.45, 2.75) is 31.8 Å². The minimum absolute atomic E-state index is 0.240. The molecule has 3 heteroatoms. The zero-order valence-corrected chi connectivity index (χ0v) is 10.2. The Bertz CT molecular complexity index is 321. The van der Waals surface area contributed by atoms with E-state index >= 15 is 0 Å². The Morgan fingerprint density at radius 3 is 2.44 bits per heavy atom. The summed E-state index contributed by atoms with van der Waals surface area (Å²) in [5, 5.41) is 9.84. The first-order valence-corrected chi connectivity index (χ1v) is 6.27. The number of aliphatic hydroxyl groups is 1. The maximum absolute atomic E-state index is 9.06. The molecule has 0 aliphatic heterocycles. The van der Waals surface area contributed by atoms with E-state index < -0.39 is 0 Å². The molecule has 1 aromatic carbocycles. The molecule has 16 heavy (non-hydrogen) atoms. The molecule has 0 unspecified atom stereocenters. The first-order valence-electron chi connectivity index (χ1n) is 5.89. The van der Waals surface area contributed by atoms with Gasteiger partial charge in [-0.15, -0.1) is 0 Å². The van der Waals surface area contributed by atoms with Crippen LogP contribution in [-0.4, -0.2) is 29.2 Å². The molecule has 0 atom stereocenters. The Balaban J connectivity index is 1.96. The fourth-order valence-electron chi connectivity index (χ4n) is 2.10. The third-order valence-corrected chi connectivity index (χ3v) is 3.53. The van der Waals surface area contributed by atoms with Crippen LogP contribution in [0.4, 0.5) is 0 Å². The smallest absolute Gasteiger partial charge is 0.0558 e. The first-order chi connectivity index (χ1) is 7.79. The molecule has 0 bridgehead atoms. The number of rotatable bonds is 5. The Morgan fingerprint density at radius 2 is 1.94 bits per heavy atom. The van der Waals surface area contributed by atoms with Crippen LogP contribution in [-0.2, 0) is 6.54 Å². The van der Waals surface area contributed by atoms with Gasteiger partial charge in [0, 0.05) is 24.2 Å². The lowest BCUT2D eigenvalue weighted by Crippen LogP contribution is -2.41. The maximum atomic E-state index is 9.06. The summed E-state index contributed by atoms with van der Waals surface area (Å²) in [5.74, 6) is 0. The molecule has 0 heterocycles. The molecule has 0 radical (unpaired) electrons. The van der Waals surface area contributed by atoms with Gasteiger partial charge in [-0.05, 0) is 30.5 Å². The second kappa shape index (κ2) is 5.67. The highest BCUT2D eigenvalue weighted by Crippen LogP contribution is 2.26. The van der Waals surface area contributed by atoms with E-state index in [0.29, 0.717) is 6.04 Å². The number of aliphatic hydroxyl groups excluding tert-OH is 1. The normalized spacial score (nSPS) is 16.4. The van der Waals surface area contributed by atoms with Gasteiger partial charge in [0.05, 0.1) is 6.61 Å². The number of nitrogens with zero attached hydrogens (tertiary/aromatic N) is 1. The Hall–Kier alpha value is -0.570. The maximum Gasteiger partial charge on any atom is 0.0558 e. The molecule has 0 spiro atoms. The van der Waals surface area contributed by atoms with Gasteiger partial charge in [0.2, 0.25) is 0 Å². The van der Waals surface area contributed by atoms with Crippen molar-refractivity contribution in [1.82, 2.24) is 4.90 Å². The van der Waals surface area contributed by atoms with Crippen molar-refractivity contribution in [2.75, 3.05) is 13.2 Å². The van der Waals surface area contributed by atoms with Crippen molar-refractivity contribution >= 4 is 11.6 Å². The molecular formula is C13H18ClNO. The molecule has 0 amide bonds. The molecular weight excluding hydrogens is 222 g/mol. The van der Waals surface area contributed by atoms with E-state index in [9.17, 15) is 0 Å². The van der Waals surface area contributed by atoms with Crippen LogP contribution < -0.4 is 0 Å². The van der Waals surface area contributed by atoms with Gasteiger partial charge >= 0.3 is 0 Å². The molecule has 1 saturated carbocycles. The van der Waals surface area contributed by atoms with Gasteiger partial charge in [0.15, 0.2) is 0 Å². The van der Waals surface area contributed by atoms with Gasteiger partial charge in [0.1, 0.15) is 0 Å². The van der Waals surface area contributed by atoms with Crippen molar-refractivity contribution in [3.8, 4) is 0 Å². The number of hydrogen-bond donors (Lipinski definition) is 1. The Morgan fingerprint density at radius 1 is 1.25 bits per heavy atom. The first kappa shape index (κ1) is 11.9. The van der Waals surface area contributed by atoms with Crippen LogP contribution in [0.5, 0.6) is 0 Å². The average molecular weight is 240 g/mol. The molecule has 1 N–H and O–H groups in total. The van der Waals surface area contributed by atoms with E-state index in [1.165, 1.54) is 24.8 Å². The standard InChI is InChI=1S/C13H18ClNO/c14-12-6-4-11(5-7-12)10-15(8-9-16)13-2-1-3-13/h4-7,13,16H,1-3,8-10H2. The zero-order valence-electron chi connectivity index (χ0n) is 9.40. The highest BCUT2D eigenvalue weighted by atomic mass is 35.5. The molecule has 88 valence electrons. The quantitative estimate of drug-likeness (QED) is 0.854. The van der Waals surface area contributed by atoms with Crippen molar-refractivity contribution in [2.24, 2.45) is 0 Å². The third-order valence-electron chi connectivity index (χ3n) is 3.28. The number of halogens is 1. The van der Waals surface area contributed by atoms with Gasteiger partial charge in [-0.2, -0.15) is 0 Å². The van der Waals surface area contributed by atoms with E-state index in [1.807, 2.05) is 12.1 Å². The van der Waals surface area contributed by atoms with Crippen LogP contribution in [0.15, 0.2) is 24.3 Å². The fraction of sp³-hybridized carbons (Fsp3) is 0.538. The van der Waals surface area contributed by atoms with Crippen LogP contribution in [0.1, 0.15) is 24.8 Å². The molecule has 0 aromatic heterocycles. The second-order valence-electron chi connectivity index (χ2n) is 4.41. The van der Waals surface area contributed by atoms with Gasteiger partial charge in [-0.25, -0.2) is 0 Å². The van der Waals surface area contributed by atoms with E-state index in [4.69, 9.17) is 16.7 Å². The summed E-state index contributed by atoms with van der Waals surface area (Å²) in [5.41, 5.74) is 1.27. The van der Waals surface area contributed by atoms with Crippen molar-refractivity contribution < 1.29 is 5.11 Å². The summed E-state index contributed by atoms with van der Waals surface area (Å²) >= 11 is 5.86. The molecule has 1 aliphatic carbocycles. The predicted molar refractivity (Wildman–Crippen MR) is 66.6 cm³/mol. The molecule has 2 nitrogen and oxygen atoms in total. The number of benzene rings is 1. The van der Waals surface area contributed by atoms with E-state index in [0.717, 1.165) is 18.1 Å². The largest absolute Gasteiger partial charge is 0.395 e. The average Bonchev–Trinajstić information content (AvgIpc) is 2.19. The number of hydrogen-bond acceptors (Lipinski definition) is 2. The lowest BCUT2D eigenvalue weighted by molar-refractivity contribution is 0.0945. The summed E-state index contributed by atoms with van der Waals surface area (Å²) < 4.78 is 0. The zero-order chi connectivity index (χ0) is 11.4. The lowest BCUT2D eigenvalue weighted by atomic mass is 9.91. The molecule has 1 aliphatic rings. The van der Waals surface area contributed by atoms with Crippen LogP contribution in [0.3, 0.4) is 0 Å². The second-order valence-corrected chi connectivity index (χ2v) is 4.84. The molecule has 1 aromatic rings. The molecule has 1 fully saturated rings. The SMILES string of the molecule is OCCN(Cc1ccc(Cl)cc1)C1CCC1. The third kappa shape index (κ3) is 2.97. The monoisotopic (exact) mass is 239 g/mol. The Kier molecular flexibility index (Phi) is 4.22. The summed E-state index contributed by atoms with van der Waals surface area (Å²) in [7, 11) is 0. The van der Waals surface area contributed by atoms with Crippen LogP contribution in [0.2, 0.25) is 5.02 Å². The van der Waals surface area contributed by atoms with Gasteiger partial charge < -0.3 is 5.11 Å². The van der Waals surface area contributed by atoms with E-state index in [2.05, 4.69) is 17.0 Å². The van der Waals surface area contributed by atoms with Crippen molar-refractivity contribution in [3.05, 3.63) is 34.9 Å².